The maximum absolute atomic E-state index is 11.9. The quantitative estimate of drug-likeness (QED) is 0.580. The molecule has 0 aromatic heterocycles. The van der Waals surface area contributed by atoms with E-state index < -0.39 is 11.7 Å². The molecule has 1 fully saturated rings. The summed E-state index contributed by atoms with van der Waals surface area (Å²) in [5.74, 6) is 0. The van der Waals surface area contributed by atoms with E-state index >= 15 is 0 Å². The lowest BCUT2D eigenvalue weighted by atomic mass is 10.1. The third-order valence-electron chi connectivity index (χ3n) is 3.32. The number of likely N-dealkylation sites (tertiary alicyclic amines) is 1. The Morgan fingerprint density at radius 2 is 2.19 bits per heavy atom. The van der Waals surface area contributed by atoms with Gasteiger partial charge in [-0.25, -0.2) is 4.79 Å². The number of rotatable bonds is 7. The standard InChI is InChI=1S/C16H29NO4/c1-5-13(18)8-6-7-11-20-14-9-10-17(12-14)15(19)21-16(2,3)4/h5,13-14,18H,1,6-12H2,2-4H3/t13?,14-/m1/s1. The van der Waals surface area contributed by atoms with Crippen molar-refractivity contribution in [3.63, 3.8) is 0 Å². The van der Waals surface area contributed by atoms with Gasteiger partial charge in [-0.1, -0.05) is 6.08 Å². The van der Waals surface area contributed by atoms with Crippen LogP contribution in [0, 0.1) is 0 Å². The molecule has 0 aromatic rings. The Hall–Kier alpha value is -1.07. The van der Waals surface area contributed by atoms with Crippen LogP contribution in [-0.4, -0.2) is 53.6 Å². The van der Waals surface area contributed by atoms with Crippen molar-refractivity contribution in [1.29, 1.82) is 0 Å². The molecule has 1 saturated heterocycles. The SMILES string of the molecule is C=CC(O)CCCCO[C@@H]1CCN(C(=O)OC(C)(C)C)C1. The molecule has 1 aliphatic rings. The van der Waals surface area contributed by atoms with Gasteiger partial charge in [-0.15, -0.1) is 6.58 Å². The molecular weight excluding hydrogens is 270 g/mol. The van der Waals surface area contributed by atoms with Crippen molar-refractivity contribution in [3.8, 4) is 0 Å². The number of aliphatic hydroxyl groups excluding tert-OH is 1. The predicted molar refractivity (Wildman–Crippen MR) is 82.2 cm³/mol. The highest BCUT2D eigenvalue weighted by molar-refractivity contribution is 5.68. The maximum atomic E-state index is 11.9. The molecule has 5 nitrogen and oxygen atoms in total. The van der Waals surface area contributed by atoms with Crippen LogP contribution in [0.4, 0.5) is 4.79 Å². The van der Waals surface area contributed by atoms with Gasteiger partial charge in [0.1, 0.15) is 5.60 Å². The van der Waals surface area contributed by atoms with Crippen LogP contribution in [0.25, 0.3) is 0 Å². The van der Waals surface area contributed by atoms with E-state index in [1.54, 1.807) is 11.0 Å². The van der Waals surface area contributed by atoms with Crippen molar-refractivity contribution in [1.82, 2.24) is 4.90 Å². The summed E-state index contributed by atoms with van der Waals surface area (Å²) in [4.78, 5) is 13.6. The molecule has 0 spiro atoms. The van der Waals surface area contributed by atoms with Crippen molar-refractivity contribution >= 4 is 6.09 Å². The Kier molecular flexibility index (Phi) is 7.18. The molecule has 0 bridgehead atoms. The van der Waals surface area contributed by atoms with Crippen LogP contribution >= 0.6 is 0 Å². The maximum Gasteiger partial charge on any atom is 0.410 e. The highest BCUT2D eigenvalue weighted by Crippen LogP contribution is 2.17. The minimum Gasteiger partial charge on any atom is -0.444 e. The van der Waals surface area contributed by atoms with Gasteiger partial charge < -0.3 is 19.5 Å². The lowest BCUT2D eigenvalue weighted by molar-refractivity contribution is 0.0204. The van der Waals surface area contributed by atoms with Gasteiger partial charge in [0.2, 0.25) is 0 Å². The molecule has 1 heterocycles. The highest BCUT2D eigenvalue weighted by Gasteiger charge is 2.29. The largest absolute Gasteiger partial charge is 0.444 e. The van der Waals surface area contributed by atoms with Crippen LogP contribution in [0.3, 0.4) is 0 Å². The molecule has 21 heavy (non-hydrogen) atoms. The fraction of sp³-hybridized carbons (Fsp3) is 0.812. The van der Waals surface area contributed by atoms with E-state index in [4.69, 9.17) is 9.47 Å². The lowest BCUT2D eigenvalue weighted by Crippen LogP contribution is -2.36. The van der Waals surface area contributed by atoms with Gasteiger partial charge in [0.15, 0.2) is 0 Å². The first-order valence-corrected chi connectivity index (χ1v) is 7.72. The average Bonchev–Trinajstić information content (AvgIpc) is 2.85. The minimum atomic E-state index is -0.456. The smallest absolute Gasteiger partial charge is 0.410 e. The van der Waals surface area contributed by atoms with Gasteiger partial charge in [-0.2, -0.15) is 0 Å². The molecule has 1 unspecified atom stereocenters. The summed E-state index contributed by atoms with van der Waals surface area (Å²) in [7, 11) is 0. The van der Waals surface area contributed by atoms with Crippen molar-refractivity contribution in [3.05, 3.63) is 12.7 Å². The summed E-state index contributed by atoms with van der Waals surface area (Å²) in [5.41, 5.74) is -0.456. The van der Waals surface area contributed by atoms with Crippen LogP contribution in [0.1, 0.15) is 46.5 Å². The number of amides is 1. The van der Waals surface area contributed by atoms with Gasteiger partial charge >= 0.3 is 6.09 Å². The number of unbranched alkanes of at least 4 members (excludes halogenated alkanes) is 1. The molecule has 5 heteroatoms. The summed E-state index contributed by atoms with van der Waals surface area (Å²) in [6.07, 6.45) is 4.37. The second kappa shape index (κ2) is 8.39. The van der Waals surface area contributed by atoms with E-state index in [0.717, 1.165) is 25.7 Å². The van der Waals surface area contributed by atoms with Crippen molar-refractivity contribution in [2.24, 2.45) is 0 Å². The van der Waals surface area contributed by atoms with E-state index in [-0.39, 0.29) is 12.2 Å². The molecule has 2 atom stereocenters. The molecule has 0 aromatic carbocycles. The van der Waals surface area contributed by atoms with Crippen LogP contribution in [0.2, 0.25) is 0 Å². The number of hydrogen-bond donors (Lipinski definition) is 1. The van der Waals surface area contributed by atoms with E-state index in [1.807, 2.05) is 20.8 Å². The summed E-state index contributed by atoms with van der Waals surface area (Å²) in [5, 5.41) is 9.34. The van der Waals surface area contributed by atoms with E-state index in [1.165, 1.54) is 0 Å². The zero-order valence-electron chi connectivity index (χ0n) is 13.5. The Balaban J connectivity index is 2.14. The fourth-order valence-corrected chi connectivity index (χ4v) is 2.18. The van der Waals surface area contributed by atoms with Crippen LogP contribution in [-0.2, 0) is 9.47 Å². The first-order valence-electron chi connectivity index (χ1n) is 7.72. The number of hydrogen-bond acceptors (Lipinski definition) is 4. The molecule has 1 N–H and O–H groups in total. The third-order valence-corrected chi connectivity index (χ3v) is 3.32. The van der Waals surface area contributed by atoms with E-state index in [2.05, 4.69) is 6.58 Å². The van der Waals surface area contributed by atoms with Gasteiger partial charge in [-0.3, -0.25) is 0 Å². The summed E-state index contributed by atoms with van der Waals surface area (Å²) in [6.45, 7) is 11.1. The fourth-order valence-electron chi connectivity index (χ4n) is 2.18. The number of nitrogens with zero attached hydrogens (tertiary/aromatic N) is 1. The second-order valence-electron chi connectivity index (χ2n) is 6.51. The molecule has 0 aliphatic carbocycles. The predicted octanol–water partition coefficient (Wildman–Crippen LogP) is 2.73. The van der Waals surface area contributed by atoms with Gasteiger partial charge in [-0.05, 0) is 46.5 Å². The normalized spacial score (nSPS) is 20.4. The molecular formula is C16H29NO4. The Morgan fingerprint density at radius 3 is 2.81 bits per heavy atom. The third kappa shape index (κ3) is 7.48. The highest BCUT2D eigenvalue weighted by atomic mass is 16.6. The Bertz CT molecular complexity index is 338. The van der Waals surface area contributed by atoms with E-state index in [9.17, 15) is 9.90 Å². The number of ether oxygens (including phenoxy) is 2. The molecule has 1 aliphatic heterocycles. The zero-order valence-corrected chi connectivity index (χ0v) is 13.5. The average molecular weight is 299 g/mol. The second-order valence-corrected chi connectivity index (χ2v) is 6.51. The number of carbonyl (C=O) groups is 1. The minimum absolute atomic E-state index is 0.0989. The number of carbonyl (C=O) groups excluding carboxylic acids is 1. The molecule has 1 rings (SSSR count). The molecule has 122 valence electrons. The monoisotopic (exact) mass is 299 g/mol. The summed E-state index contributed by atoms with van der Waals surface area (Å²) in [6, 6.07) is 0. The van der Waals surface area contributed by atoms with Gasteiger partial charge in [0.05, 0.1) is 18.8 Å². The van der Waals surface area contributed by atoms with Crippen LogP contribution < -0.4 is 0 Å². The lowest BCUT2D eigenvalue weighted by Gasteiger charge is -2.24. The topological polar surface area (TPSA) is 59.0 Å². The molecule has 1 amide bonds. The zero-order chi connectivity index (χ0) is 15.9. The molecule has 0 radical (unpaired) electrons. The van der Waals surface area contributed by atoms with Crippen LogP contribution in [0.15, 0.2) is 12.7 Å². The van der Waals surface area contributed by atoms with Crippen molar-refractivity contribution < 1.29 is 19.4 Å². The van der Waals surface area contributed by atoms with Crippen LogP contribution in [0.5, 0.6) is 0 Å². The van der Waals surface area contributed by atoms with Gasteiger partial charge in [0.25, 0.3) is 0 Å². The Morgan fingerprint density at radius 1 is 1.48 bits per heavy atom. The molecule has 0 saturated carbocycles. The first kappa shape index (κ1) is 18.0. The summed E-state index contributed by atoms with van der Waals surface area (Å²) < 4.78 is 11.1. The first-order chi connectivity index (χ1) is 9.81. The van der Waals surface area contributed by atoms with E-state index in [0.29, 0.717) is 19.7 Å². The number of aliphatic hydroxyl groups is 1. The van der Waals surface area contributed by atoms with Gasteiger partial charge in [0, 0.05) is 13.2 Å². The summed E-state index contributed by atoms with van der Waals surface area (Å²) >= 11 is 0. The Labute approximate surface area is 127 Å². The van der Waals surface area contributed by atoms with Crippen molar-refractivity contribution in [2.45, 2.75) is 64.3 Å². The van der Waals surface area contributed by atoms with Crippen molar-refractivity contribution in [2.75, 3.05) is 19.7 Å².